The van der Waals surface area contributed by atoms with Crippen LogP contribution in [0.25, 0.3) is 0 Å². The Kier molecular flexibility index (Phi) is 5.77. The molecule has 132 valence electrons. The fourth-order valence-corrected chi connectivity index (χ4v) is 3.62. The predicted octanol–water partition coefficient (Wildman–Crippen LogP) is 3.21. The molecule has 0 bridgehead atoms. The number of amides is 1. The van der Waals surface area contributed by atoms with Gasteiger partial charge >= 0.3 is 0 Å². The molecule has 2 atom stereocenters. The van der Waals surface area contributed by atoms with Crippen LogP contribution in [0.5, 0.6) is 5.75 Å². The Morgan fingerprint density at radius 2 is 1.96 bits per heavy atom. The van der Waals surface area contributed by atoms with Gasteiger partial charge in [0.2, 0.25) is 5.91 Å². The van der Waals surface area contributed by atoms with Gasteiger partial charge in [0.25, 0.3) is 0 Å². The van der Waals surface area contributed by atoms with Gasteiger partial charge in [0, 0.05) is 31.6 Å². The zero-order valence-electron chi connectivity index (χ0n) is 15.0. The number of nitrogens with zero attached hydrogens (tertiary/aromatic N) is 1. The second-order valence-electron chi connectivity index (χ2n) is 7.08. The van der Waals surface area contributed by atoms with E-state index in [1.807, 2.05) is 19.1 Å². The molecule has 1 heterocycles. The summed E-state index contributed by atoms with van der Waals surface area (Å²) in [5.74, 6) is 2.23. The van der Waals surface area contributed by atoms with Gasteiger partial charge in [-0.15, -0.1) is 0 Å². The molecule has 4 nitrogen and oxygen atoms in total. The van der Waals surface area contributed by atoms with Crippen LogP contribution in [-0.2, 0) is 11.3 Å². The van der Waals surface area contributed by atoms with Crippen LogP contribution in [0.4, 0.5) is 0 Å². The minimum atomic E-state index is 0.343. The van der Waals surface area contributed by atoms with Gasteiger partial charge in [0.1, 0.15) is 5.75 Å². The zero-order valence-corrected chi connectivity index (χ0v) is 15.0. The van der Waals surface area contributed by atoms with Crippen LogP contribution in [0.15, 0.2) is 24.3 Å². The van der Waals surface area contributed by atoms with Crippen LogP contribution in [0, 0.1) is 11.8 Å². The van der Waals surface area contributed by atoms with Crippen LogP contribution < -0.4 is 10.1 Å². The Labute approximate surface area is 145 Å². The van der Waals surface area contributed by atoms with E-state index in [1.54, 1.807) is 0 Å². The molecular formula is C20H30N2O2. The average Bonchev–Trinajstić information content (AvgIpc) is 3.46. The molecule has 0 unspecified atom stereocenters. The first-order valence-electron chi connectivity index (χ1n) is 9.45. The van der Waals surface area contributed by atoms with Crippen molar-refractivity contribution in [1.82, 2.24) is 10.2 Å². The van der Waals surface area contributed by atoms with Gasteiger partial charge < -0.3 is 15.0 Å². The van der Waals surface area contributed by atoms with Gasteiger partial charge in [-0.2, -0.15) is 0 Å². The lowest BCUT2D eigenvalue weighted by molar-refractivity contribution is -0.134. The number of carbonyl (C=O) groups excluding carboxylic acids is 1. The fraction of sp³-hybridized carbons (Fsp3) is 0.650. The molecule has 3 rings (SSSR count). The third-order valence-corrected chi connectivity index (χ3v) is 5.30. The third kappa shape index (κ3) is 4.29. The molecule has 0 radical (unpaired) electrons. The van der Waals surface area contributed by atoms with Gasteiger partial charge in [0.05, 0.1) is 6.61 Å². The molecule has 4 heteroatoms. The van der Waals surface area contributed by atoms with E-state index in [0.717, 1.165) is 51.1 Å². The monoisotopic (exact) mass is 330 g/mol. The lowest BCUT2D eigenvalue weighted by Gasteiger charge is -2.39. The standard InChI is InChI=1S/C20H30N2O2/c1-3-16-14-22(20(23)17-7-8-17)12-11-19(16)21-13-15-5-9-18(10-6-15)24-4-2/h5-6,9-10,16-17,19,21H,3-4,7-8,11-14H2,1-2H3/t16-,19-/m0/s1. The number of rotatable bonds is 7. The van der Waals surface area contributed by atoms with E-state index in [2.05, 4.69) is 29.3 Å². The molecule has 0 spiro atoms. The van der Waals surface area contributed by atoms with Crippen molar-refractivity contribution in [2.24, 2.45) is 11.8 Å². The van der Waals surface area contributed by atoms with Crippen molar-refractivity contribution in [3.05, 3.63) is 29.8 Å². The number of ether oxygens (including phenoxy) is 1. The van der Waals surface area contributed by atoms with Crippen LogP contribution in [0.2, 0.25) is 0 Å². The molecule has 2 fully saturated rings. The first-order valence-corrected chi connectivity index (χ1v) is 9.45. The van der Waals surface area contributed by atoms with E-state index < -0.39 is 0 Å². The lowest BCUT2D eigenvalue weighted by Crippen LogP contribution is -2.51. The van der Waals surface area contributed by atoms with E-state index in [4.69, 9.17) is 4.74 Å². The highest BCUT2D eigenvalue weighted by molar-refractivity contribution is 5.81. The van der Waals surface area contributed by atoms with Gasteiger partial charge in [-0.05, 0) is 49.8 Å². The second-order valence-corrected chi connectivity index (χ2v) is 7.08. The van der Waals surface area contributed by atoms with E-state index in [0.29, 0.717) is 30.4 Å². The SMILES string of the molecule is CCOc1ccc(CN[C@H]2CCN(C(=O)C3CC3)C[C@@H]2CC)cc1. The van der Waals surface area contributed by atoms with Gasteiger partial charge in [-0.1, -0.05) is 25.5 Å². The first kappa shape index (κ1) is 17.3. The molecule has 1 N–H and O–H groups in total. The Balaban J connectivity index is 1.50. The number of piperidine rings is 1. The van der Waals surface area contributed by atoms with Crippen molar-refractivity contribution in [1.29, 1.82) is 0 Å². The maximum atomic E-state index is 12.3. The molecule has 1 saturated heterocycles. The third-order valence-electron chi connectivity index (χ3n) is 5.30. The molecule has 1 aliphatic carbocycles. The Morgan fingerprint density at radius 3 is 2.58 bits per heavy atom. The number of nitrogens with one attached hydrogen (secondary N) is 1. The maximum absolute atomic E-state index is 12.3. The van der Waals surface area contributed by atoms with Crippen LogP contribution in [0.3, 0.4) is 0 Å². The first-order chi connectivity index (χ1) is 11.7. The van der Waals surface area contributed by atoms with Crippen molar-refractivity contribution in [3.8, 4) is 5.75 Å². The topological polar surface area (TPSA) is 41.6 Å². The Hall–Kier alpha value is -1.55. The van der Waals surface area contributed by atoms with Crippen LogP contribution >= 0.6 is 0 Å². The molecule has 2 aliphatic rings. The quantitative estimate of drug-likeness (QED) is 0.835. The van der Waals surface area contributed by atoms with Crippen LogP contribution in [0.1, 0.15) is 45.1 Å². The van der Waals surface area contributed by atoms with E-state index in [9.17, 15) is 4.79 Å². The van der Waals surface area contributed by atoms with E-state index >= 15 is 0 Å². The number of hydrogen-bond donors (Lipinski definition) is 1. The molecule has 1 saturated carbocycles. The number of likely N-dealkylation sites (tertiary alicyclic amines) is 1. The molecule has 1 aromatic rings. The predicted molar refractivity (Wildman–Crippen MR) is 95.9 cm³/mol. The van der Waals surface area contributed by atoms with E-state index in [-0.39, 0.29) is 0 Å². The largest absolute Gasteiger partial charge is 0.494 e. The van der Waals surface area contributed by atoms with Gasteiger partial charge in [0.15, 0.2) is 0 Å². The summed E-state index contributed by atoms with van der Waals surface area (Å²) < 4.78 is 5.49. The molecule has 1 amide bonds. The summed E-state index contributed by atoms with van der Waals surface area (Å²) in [5.41, 5.74) is 1.28. The van der Waals surface area contributed by atoms with Crippen molar-refractivity contribution in [2.75, 3.05) is 19.7 Å². The fourth-order valence-electron chi connectivity index (χ4n) is 3.62. The Bertz CT molecular complexity index is 539. The average molecular weight is 330 g/mol. The number of hydrogen-bond acceptors (Lipinski definition) is 3. The zero-order chi connectivity index (χ0) is 16.9. The van der Waals surface area contributed by atoms with E-state index in [1.165, 1.54) is 5.56 Å². The second kappa shape index (κ2) is 8.02. The number of benzene rings is 1. The smallest absolute Gasteiger partial charge is 0.225 e. The molecule has 1 aromatic carbocycles. The summed E-state index contributed by atoms with van der Waals surface area (Å²) in [5, 5.41) is 3.72. The van der Waals surface area contributed by atoms with Gasteiger partial charge in [-0.3, -0.25) is 4.79 Å². The highest BCUT2D eigenvalue weighted by Gasteiger charge is 2.37. The molecule has 24 heavy (non-hydrogen) atoms. The summed E-state index contributed by atoms with van der Waals surface area (Å²) >= 11 is 0. The number of carbonyl (C=O) groups is 1. The van der Waals surface area contributed by atoms with Crippen molar-refractivity contribution >= 4 is 5.91 Å². The van der Waals surface area contributed by atoms with Crippen molar-refractivity contribution < 1.29 is 9.53 Å². The molecule has 0 aromatic heterocycles. The summed E-state index contributed by atoms with van der Waals surface area (Å²) in [6.07, 6.45) is 4.39. The minimum absolute atomic E-state index is 0.343. The summed E-state index contributed by atoms with van der Waals surface area (Å²) in [7, 11) is 0. The maximum Gasteiger partial charge on any atom is 0.225 e. The van der Waals surface area contributed by atoms with Crippen LogP contribution in [-0.4, -0.2) is 36.5 Å². The van der Waals surface area contributed by atoms with Crippen molar-refractivity contribution in [2.45, 2.75) is 52.1 Å². The normalized spacial score (nSPS) is 24.0. The van der Waals surface area contributed by atoms with Gasteiger partial charge in [-0.25, -0.2) is 0 Å². The minimum Gasteiger partial charge on any atom is -0.494 e. The highest BCUT2D eigenvalue weighted by atomic mass is 16.5. The summed E-state index contributed by atoms with van der Waals surface area (Å²) in [6, 6.07) is 8.84. The summed E-state index contributed by atoms with van der Waals surface area (Å²) in [6.45, 7) is 7.65. The highest BCUT2D eigenvalue weighted by Crippen LogP contribution is 2.33. The Morgan fingerprint density at radius 1 is 1.21 bits per heavy atom. The molecular weight excluding hydrogens is 300 g/mol. The molecule has 1 aliphatic heterocycles. The lowest BCUT2D eigenvalue weighted by atomic mass is 9.89. The van der Waals surface area contributed by atoms with Crippen molar-refractivity contribution in [3.63, 3.8) is 0 Å². The summed E-state index contributed by atoms with van der Waals surface area (Å²) in [4.78, 5) is 14.4.